The Labute approximate surface area is 113 Å². The third-order valence-corrected chi connectivity index (χ3v) is 3.28. The first-order valence-corrected chi connectivity index (χ1v) is 6.13. The van der Waals surface area contributed by atoms with Gasteiger partial charge in [-0.3, -0.25) is 4.79 Å². The molecule has 5 heteroatoms. The molecular weight excluding hydrogens is 244 g/mol. The van der Waals surface area contributed by atoms with E-state index in [-0.39, 0.29) is 5.91 Å². The maximum atomic E-state index is 12.4. The summed E-state index contributed by atoms with van der Waals surface area (Å²) in [6.45, 7) is 6.92. The predicted octanol–water partition coefficient (Wildman–Crippen LogP) is 1.90. The topological polar surface area (TPSA) is 83.6 Å². The highest BCUT2D eigenvalue weighted by atomic mass is 16.4. The molecule has 0 heterocycles. The summed E-state index contributed by atoms with van der Waals surface area (Å²) in [5.74, 6) is -1.34. The Morgan fingerprint density at radius 2 is 1.95 bits per heavy atom. The molecule has 0 fully saturated rings. The van der Waals surface area contributed by atoms with Crippen molar-refractivity contribution in [1.29, 1.82) is 0 Å². The molecule has 1 aromatic carbocycles. The van der Waals surface area contributed by atoms with E-state index in [1.165, 1.54) is 18.7 Å². The van der Waals surface area contributed by atoms with Gasteiger partial charge in [0, 0.05) is 17.8 Å². The van der Waals surface area contributed by atoms with Crippen molar-refractivity contribution >= 4 is 17.6 Å². The van der Waals surface area contributed by atoms with Crippen molar-refractivity contribution in [2.75, 3.05) is 12.3 Å². The zero-order valence-electron chi connectivity index (χ0n) is 11.7. The van der Waals surface area contributed by atoms with Gasteiger partial charge in [0.2, 0.25) is 0 Å². The quantitative estimate of drug-likeness (QED) is 0.813. The molecule has 0 aliphatic carbocycles. The van der Waals surface area contributed by atoms with Crippen LogP contribution in [0.5, 0.6) is 0 Å². The van der Waals surface area contributed by atoms with Crippen LogP contribution in [-0.4, -0.2) is 34.0 Å². The third-order valence-electron chi connectivity index (χ3n) is 3.28. The first-order valence-electron chi connectivity index (χ1n) is 6.13. The van der Waals surface area contributed by atoms with Crippen LogP contribution in [0.2, 0.25) is 0 Å². The third kappa shape index (κ3) is 2.86. The van der Waals surface area contributed by atoms with Crippen molar-refractivity contribution in [3.63, 3.8) is 0 Å². The van der Waals surface area contributed by atoms with Crippen molar-refractivity contribution in [1.82, 2.24) is 4.90 Å². The molecule has 3 N–H and O–H groups in total. The SMILES string of the molecule is CCN(C(=O)c1ccc(N)c(C)c1)C(C)(C)C(=O)O. The fourth-order valence-corrected chi connectivity index (χ4v) is 1.87. The standard InChI is InChI=1S/C14H20N2O3/c1-5-16(14(3,4)13(18)19)12(17)10-6-7-11(15)9(2)8-10/h6-8H,5,15H2,1-4H3,(H,18,19). The van der Waals surface area contributed by atoms with Crippen LogP contribution in [0, 0.1) is 6.92 Å². The minimum absolute atomic E-state index is 0.307. The Morgan fingerprint density at radius 3 is 2.37 bits per heavy atom. The molecule has 1 rings (SSSR count). The maximum Gasteiger partial charge on any atom is 0.329 e. The van der Waals surface area contributed by atoms with Crippen LogP contribution in [0.25, 0.3) is 0 Å². The number of aliphatic carboxylic acids is 1. The van der Waals surface area contributed by atoms with Gasteiger partial charge >= 0.3 is 5.97 Å². The number of nitrogens with two attached hydrogens (primary N) is 1. The van der Waals surface area contributed by atoms with E-state index in [4.69, 9.17) is 5.73 Å². The van der Waals surface area contributed by atoms with Crippen LogP contribution in [0.4, 0.5) is 5.69 Å². The highest BCUT2D eigenvalue weighted by molar-refractivity contribution is 5.98. The highest BCUT2D eigenvalue weighted by Gasteiger charge is 2.37. The van der Waals surface area contributed by atoms with Crippen LogP contribution in [0.15, 0.2) is 18.2 Å². The number of amides is 1. The van der Waals surface area contributed by atoms with Gasteiger partial charge in [-0.05, 0) is 51.5 Å². The van der Waals surface area contributed by atoms with Crippen LogP contribution in [0.3, 0.4) is 0 Å². The number of hydrogen-bond acceptors (Lipinski definition) is 3. The predicted molar refractivity (Wildman–Crippen MR) is 74.0 cm³/mol. The van der Waals surface area contributed by atoms with Crippen molar-refractivity contribution in [3.8, 4) is 0 Å². The smallest absolute Gasteiger partial charge is 0.329 e. The summed E-state index contributed by atoms with van der Waals surface area (Å²) in [5, 5.41) is 9.22. The fraction of sp³-hybridized carbons (Fsp3) is 0.429. The Hall–Kier alpha value is -2.04. The number of carboxylic acids is 1. The number of carboxylic acid groups (broad SMARTS) is 1. The van der Waals surface area contributed by atoms with Crippen LogP contribution >= 0.6 is 0 Å². The van der Waals surface area contributed by atoms with E-state index in [1.54, 1.807) is 25.1 Å². The molecule has 0 aliphatic rings. The van der Waals surface area contributed by atoms with Crippen molar-refractivity contribution < 1.29 is 14.7 Å². The molecule has 5 nitrogen and oxygen atoms in total. The normalized spacial score (nSPS) is 11.2. The molecule has 0 saturated heterocycles. The van der Waals surface area contributed by atoms with Gasteiger partial charge in [-0.15, -0.1) is 0 Å². The number of benzene rings is 1. The number of likely N-dealkylation sites (N-methyl/N-ethyl adjacent to an activating group) is 1. The van der Waals surface area contributed by atoms with Crippen molar-refractivity contribution in [2.45, 2.75) is 33.2 Å². The molecule has 0 bridgehead atoms. The first-order chi connectivity index (χ1) is 8.71. The number of nitrogens with zero attached hydrogens (tertiary/aromatic N) is 1. The zero-order valence-corrected chi connectivity index (χ0v) is 11.7. The summed E-state index contributed by atoms with van der Waals surface area (Å²) < 4.78 is 0. The summed E-state index contributed by atoms with van der Waals surface area (Å²) in [4.78, 5) is 25.0. The summed E-state index contributed by atoms with van der Waals surface area (Å²) >= 11 is 0. The Bertz CT molecular complexity index is 509. The second-order valence-electron chi connectivity index (χ2n) is 4.98. The molecule has 19 heavy (non-hydrogen) atoms. The minimum atomic E-state index is -1.25. The lowest BCUT2D eigenvalue weighted by Gasteiger charge is -2.34. The lowest BCUT2D eigenvalue weighted by Crippen LogP contribution is -2.52. The van der Waals surface area contributed by atoms with Crippen LogP contribution < -0.4 is 5.73 Å². The Balaban J connectivity index is 3.15. The van der Waals surface area contributed by atoms with Crippen LogP contribution in [0.1, 0.15) is 36.7 Å². The zero-order chi connectivity index (χ0) is 14.8. The number of rotatable bonds is 4. The monoisotopic (exact) mass is 264 g/mol. The van der Waals surface area contributed by atoms with Gasteiger partial charge in [-0.1, -0.05) is 0 Å². The number of anilines is 1. The largest absolute Gasteiger partial charge is 0.480 e. The van der Waals surface area contributed by atoms with Crippen molar-refractivity contribution in [2.24, 2.45) is 0 Å². The molecule has 1 aromatic rings. The van der Waals surface area contributed by atoms with E-state index in [9.17, 15) is 14.7 Å². The van der Waals surface area contributed by atoms with E-state index in [0.717, 1.165) is 5.56 Å². The Morgan fingerprint density at radius 1 is 1.37 bits per heavy atom. The average Bonchev–Trinajstić information content (AvgIpc) is 2.32. The summed E-state index contributed by atoms with van der Waals surface area (Å²) in [6, 6.07) is 4.95. The number of nitrogen functional groups attached to an aromatic ring is 1. The van der Waals surface area contributed by atoms with Gasteiger partial charge < -0.3 is 15.7 Å². The highest BCUT2D eigenvalue weighted by Crippen LogP contribution is 2.20. The molecule has 0 unspecified atom stereocenters. The molecule has 0 aromatic heterocycles. The van der Waals surface area contributed by atoms with E-state index in [0.29, 0.717) is 17.8 Å². The number of hydrogen-bond donors (Lipinski definition) is 2. The van der Waals surface area contributed by atoms with Crippen molar-refractivity contribution in [3.05, 3.63) is 29.3 Å². The molecule has 0 spiro atoms. The maximum absolute atomic E-state index is 12.4. The first kappa shape index (κ1) is 15.0. The number of carbonyl (C=O) groups is 2. The Kier molecular flexibility index (Phi) is 4.19. The fourth-order valence-electron chi connectivity index (χ4n) is 1.87. The lowest BCUT2D eigenvalue weighted by atomic mass is 10.0. The van der Waals surface area contributed by atoms with E-state index in [1.807, 2.05) is 6.92 Å². The van der Waals surface area contributed by atoms with Gasteiger partial charge in [0.25, 0.3) is 5.91 Å². The van der Waals surface area contributed by atoms with Gasteiger partial charge in [-0.25, -0.2) is 4.79 Å². The second kappa shape index (κ2) is 5.30. The molecular formula is C14H20N2O3. The second-order valence-corrected chi connectivity index (χ2v) is 4.98. The molecule has 0 aliphatic heterocycles. The number of carbonyl (C=O) groups excluding carboxylic acids is 1. The van der Waals surface area contributed by atoms with Gasteiger partial charge in [-0.2, -0.15) is 0 Å². The molecule has 104 valence electrons. The van der Waals surface area contributed by atoms with E-state index < -0.39 is 11.5 Å². The van der Waals surface area contributed by atoms with Gasteiger partial charge in [0.15, 0.2) is 0 Å². The average molecular weight is 264 g/mol. The molecule has 0 atom stereocenters. The summed E-state index contributed by atoms with van der Waals surface area (Å²) in [7, 11) is 0. The van der Waals surface area contributed by atoms with Gasteiger partial charge in [0.1, 0.15) is 5.54 Å². The molecule has 1 amide bonds. The molecule has 0 radical (unpaired) electrons. The number of aryl methyl sites for hydroxylation is 1. The summed E-state index contributed by atoms with van der Waals surface area (Å²) in [6.07, 6.45) is 0. The van der Waals surface area contributed by atoms with E-state index >= 15 is 0 Å². The van der Waals surface area contributed by atoms with E-state index in [2.05, 4.69) is 0 Å². The minimum Gasteiger partial charge on any atom is -0.480 e. The lowest BCUT2D eigenvalue weighted by molar-refractivity contribution is -0.147. The molecule has 0 saturated carbocycles. The van der Waals surface area contributed by atoms with Gasteiger partial charge in [0.05, 0.1) is 0 Å². The van der Waals surface area contributed by atoms with Crippen LogP contribution in [-0.2, 0) is 4.79 Å². The summed E-state index contributed by atoms with van der Waals surface area (Å²) in [5.41, 5.74) is 6.32.